The monoisotopic (exact) mass is 350 g/mol. The van der Waals surface area contributed by atoms with Gasteiger partial charge in [0.15, 0.2) is 11.2 Å². The molecule has 3 heterocycles. The predicted octanol–water partition coefficient (Wildman–Crippen LogP) is 0.748. The van der Waals surface area contributed by atoms with Crippen molar-refractivity contribution in [2.45, 2.75) is 42.3 Å². The summed E-state index contributed by atoms with van der Waals surface area (Å²) in [5, 5.41) is 22.7. The third-order valence-corrected chi connectivity index (χ3v) is 6.71. The lowest BCUT2D eigenvalue weighted by Gasteiger charge is -2.53. The Bertz CT molecular complexity index is 872. The lowest BCUT2D eigenvalue weighted by Crippen LogP contribution is -2.62. The SMILES string of the molecule is O=[N+]([O-])c1ccccc1S(=O)(=O)N1C2CC1CC(n1ncnn1)C2. The van der Waals surface area contributed by atoms with Gasteiger partial charge in [-0.05, 0) is 30.5 Å². The van der Waals surface area contributed by atoms with Crippen LogP contribution in [-0.4, -0.2) is 49.9 Å². The van der Waals surface area contributed by atoms with Crippen LogP contribution in [-0.2, 0) is 10.0 Å². The molecule has 0 N–H and O–H groups in total. The Balaban J connectivity index is 1.63. The van der Waals surface area contributed by atoms with Crippen LogP contribution in [0.3, 0.4) is 0 Å². The Kier molecular flexibility index (Phi) is 3.35. The molecule has 2 aromatic rings. The van der Waals surface area contributed by atoms with Gasteiger partial charge in [-0.1, -0.05) is 12.1 Å². The number of benzene rings is 1. The highest BCUT2D eigenvalue weighted by Crippen LogP contribution is 2.46. The average Bonchev–Trinajstić information content (AvgIpc) is 3.09. The molecule has 1 aromatic carbocycles. The van der Waals surface area contributed by atoms with E-state index in [4.69, 9.17) is 0 Å². The summed E-state index contributed by atoms with van der Waals surface area (Å²) < 4.78 is 27.2. The zero-order chi connectivity index (χ0) is 16.9. The number of piperidine rings is 1. The van der Waals surface area contributed by atoms with Crippen LogP contribution in [0.4, 0.5) is 5.69 Å². The third-order valence-electron chi connectivity index (χ3n) is 4.66. The fourth-order valence-electron chi connectivity index (χ4n) is 3.67. The number of hydrogen-bond acceptors (Lipinski definition) is 7. The number of rotatable bonds is 4. The van der Waals surface area contributed by atoms with Gasteiger partial charge < -0.3 is 0 Å². The predicted molar refractivity (Wildman–Crippen MR) is 80.4 cm³/mol. The molecule has 2 saturated heterocycles. The molecule has 2 bridgehead atoms. The number of sulfonamides is 1. The van der Waals surface area contributed by atoms with E-state index in [0.717, 1.165) is 6.42 Å². The van der Waals surface area contributed by atoms with Crippen molar-refractivity contribution < 1.29 is 13.3 Å². The van der Waals surface area contributed by atoms with Crippen molar-refractivity contribution in [3.8, 4) is 0 Å². The van der Waals surface area contributed by atoms with Crippen LogP contribution >= 0.6 is 0 Å². The minimum atomic E-state index is -3.90. The summed E-state index contributed by atoms with van der Waals surface area (Å²) in [4.78, 5) is 11.7. The van der Waals surface area contributed by atoms with Gasteiger partial charge in [0.2, 0.25) is 10.0 Å². The highest BCUT2D eigenvalue weighted by Gasteiger charge is 2.53. The van der Waals surface area contributed by atoms with Gasteiger partial charge in [-0.3, -0.25) is 10.1 Å². The van der Waals surface area contributed by atoms with E-state index in [9.17, 15) is 18.5 Å². The first-order valence-electron chi connectivity index (χ1n) is 7.48. The molecule has 2 atom stereocenters. The number of nitrogens with zero attached hydrogens (tertiary/aromatic N) is 6. The Hall–Kier alpha value is -2.40. The van der Waals surface area contributed by atoms with Crippen LogP contribution in [0, 0.1) is 10.1 Å². The summed E-state index contributed by atoms with van der Waals surface area (Å²) in [6.07, 6.45) is 3.26. The van der Waals surface area contributed by atoms with Gasteiger partial charge >= 0.3 is 0 Å². The molecular weight excluding hydrogens is 336 g/mol. The number of nitro groups is 1. The highest BCUT2D eigenvalue weighted by molar-refractivity contribution is 7.89. The molecule has 1 aromatic heterocycles. The second-order valence-electron chi connectivity index (χ2n) is 5.98. The molecule has 1 aliphatic carbocycles. The van der Waals surface area contributed by atoms with E-state index < -0.39 is 20.6 Å². The van der Waals surface area contributed by atoms with Gasteiger partial charge in [-0.2, -0.15) is 9.10 Å². The van der Waals surface area contributed by atoms with E-state index in [2.05, 4.69) is 15.4 Å². The molecule has 2 unspecified atom stereocenters. The maximum Gasteiger partial charge on any atom is 0.289 e. The molecule has 3 aliphatic rings. The smallest absolute Gasteiger partial charge is 0.258 e. The normalized spacial score (nSPS) is 26.8. The molecule has 3 fully saturated rings. The number of fused-ring (bicyclic) bond motifs is 2. The fraction of sp³-hybridized carbons (Fsp3) is 0.462. The van der Waals surface area contributed by atoms with Gasteiger partial charge in [-0.15, -0.1) is 10.2 Å². The summed E-state index contributed by atoms with van der Waals surface area (Å²) in [6, 6.07) is 5.09. The van der Waals surface area contributed by atoms with Crippen molar-refractivity contribution in [2.75, 3.05) is 0 Å². The van der Waals surface area contributed by atoms with Crippen molar-refractivity contribution in [2.24, 2.45) is 0 Å². The molecule has 0 amide bonds. The van der Waals surface area contributed by atoms with Crippen LogP contribution in [0.2, 0.25) is 0 Å². The highest BCUT2D eigenvalue weighted by atomic mass is 32.2. The van der Waals surface area contributed by atoms with Crippen LogP contribution in [0.25, 0.3) is 0 Å². The van der Waals surface area contributed by atoms with Crippen molar-refractivity contribution in [1.29, 1.82) is 0 Å². The Morgan fingerprint density at radius 1 is 1.12 bits per heavy atom. The lowest BCUT2D eigenvalue weighted by molar-refractivity contribution is -0.387. The molecule has 126 valence electrons. The van der Waals surface area contributed by atoms with E-state index in [1.807, 2.05) is 0 Å². The quantitative estimate of drug-likeness (QED) is 0.588. The maximum atomic E-state index is 12.9. The van der Waals surface area contributed by atoms with E-state index in [1.165, 1.54) is 39.7 Å². The molecule has 10 nitrogen and oxygen atoms in total. The van der Waals surface area contributed by atoms with Crippen molar-refractivity contribution in [3.63, 3.8) is 0 Å². The summed E-state index contributed by atoms with van der Waals surface area (Å²) in [7, 11) is -3.90. The lowest BCUT2D eigenvalue weighted by atomic mass is 9.79. The molecular formula is C13H14N6O4S. The number of aromatic nitrogens is 4. The molecule has 0 spiro atoms. The summed E-state index contributed by atoms with van der Waals surface area (Å²) in [6.45, 7) is 0. The van der Waals surface area contributed by atoms with Crippen LogP contribution < -0.4 is 0 Å². The zero-order valence-electron chi connectivity index (χ0n) is 12.5. The van der Waals surface area contributed by atoms with Crippen molar-refractivity contribution >= 4 is 15.7 Å². The Labute approximate surface area is 137 Å². The summed E-state index contributed by atoms with van der Waals surface area (Å²) in [5.74, 6) is 0. The third kappa shape index (κ3) is 2.19. The van der Waals surface area contributed by atoms with Gasteiger partial charge in [0.05, 0.1) is 11.0 Å². The van der Waals surface area contributed by atoms with E-state index in [1.54, 1.807) is 0 Å². The Morgan fingerprint density at radius 2 is 1.79 bits per heavy atom. The van der Waals surface area contributed by atoms with Crippen molar-refractivity contribution in [1.82, 2.24) is 24.5 Å². The molecule has 24 heavy (non-hydrogen) atoms. The van der Waals surface area contributed by atoms with Gasteiger partial charge in [-0.25, -0.2) is 8.42 Å². The van der Waals surface area contributed by atoms with E-state index in [0.29, 0.717) is 12.8 Å². The standard InChI is InChI=1S/C13H14N6O4S/c20-19(21)12-3-1-2-4-13(12)24(22,23)17-9-5-10(17)7-11(6-9)18-15-8-14-16-18/h1-4,8-11H,5-7H2. The topological polar surface area (TPSA) is 124 Å². The van der Waals surface area contributed by atoms with E-state index in [-0.39, 0.29) is 23.0 Å². The fourth-order valence-corrected chi connectivity index (χ4v) is 5.68. The summed E-state index contributed by atoms with van der Waals surface area (Å²) >= 11 is 0. The van der Waals surface area contributed by atoms with Crippen LogP contribution in [0.1, 0.15) is 25.3 Å². The maximum absolute atomic E-state index is 12.9. The van der Waals surface area contributed by atoms with Gasteiger partial charge in [0, 0.05) is 18.2 Å². The van der Waals surface area contributed by atoms with E-state index >= 15 is 0 Å². The molecule has 2 aliphatic heterocycles. The molecule has 5 rings (SSSR count). The molecule has 0 radical (unpaired) electrons. The summed E-state index contributed by atoms with van der Waals surface area (Å²) in [5.41, 5.74) is -0.392. The Morgan fingerprint density at radius 3 is 2.42 bits per heavy atom. The van der Waals surface area contributed by atoms with Crippen molar-refractivity contribution in [3.05, 3.63) is 40.7 Å². The second kappa shape index (κ2) is 5.31. The minimum Gasteiger partial charge on any atom is -0.258 e. The largest absolute Gasteiger partial charge is 0.289 e. The van der Waals surface area contributed by atoms with Crippen LogP contribution in [0.15, 0.2) is 35.5 Å². The number of para-hydroxylation sites is 1. The first kappa shape index (κ1) is 15.1. The molecule has 11 heteroatoms. The molecule has 1 saturated carbocycles. The van der Waals surface area contributed by atoms with Gasteiger partial charge in [0.25, 0.3) is 5.69 Å². The first-order chi connectivity index (χ1) is 11.5. The number of nitro benzene ring substituents is 1. The van der Waals surface area contributed by atoms with Crippen LogP contribution in [0.5, 0.6) is 0 Å². The zero-order valence-corrected chi connectivity index (χ0v) is 13.3. The number of tetrazole rings is 1. The van der Waals surface area contributed by atoms with Gasteiger partial charge in [0.1, 0.15) is 0 Å². The second-order valence-corrected chi connectivity index (χ2v) is 7.80. The number of hydrogen-bond donors (Lipinski definition) is 0. The minimum absolute atomic E-state index is 0.00783. The first-order valence-corrected chi connectivity index (χ1v) is 8.92. The average molecular weight is 350 g/mol.